The Labute approximate surface area is 97.3 Å². The predicted octanol–water partition coefficient (Wildman–Crippen LogP) is 1.72. The van der Waals surface area contributed by atoms with E-state index in [0.29, 0.717) is 0 Å². The molecule has 0 aliphatic rings. The van der Waals surface area contributed by atoms with Crippen LogP contribution in [-0.4, -0.2) is 37.3 Å². The molecule has 1 rings (SSSR count). The summed E-state index contributed by atoms with van der Waals surface area (Å²) in [5.41, 5.74) is 0. The van der Waals surface area contributed by atoms with Gasteiger partial charge in [-0.3, -0.25) is 0 Å². The second-order valence-corrected chi connectivity index (χ2v) is 3.84. The van der Waals surface area contributed by atoms with Gasteiger partial charge in [0.1, 0.15) is 11.6 Å². The number of aromatic nitrogens is 1. The molecule has 90 valence electrons. The zero-order valence-corrected chi connectivity index (χ0v) is 10.1. The molecule has 0 aliphatic carbocycles. The summed E-state index contributed by atoms with van der Waals surface area (Å²) in [4.78, 5) is 6.59. The fourth-order valence-electron chi connectivity index (χ4n) is 1.53. The minimum atomic E-state index is 0.289. The van der Waals surface area contributed by atoms with E-state index in [0.717, 1.165) is 37.4 Å². The van der Waals surface area contributed by atoms with Gasteiger partial charge in [0, 0.05) is 27.2 Å². The highest BCUT2D eigenvalue weighted by Crippen LogP contribution is 2.13. The standard InChI is InChI=1S/C12H21N3O/c1-13-11-7-6-8-12(14-11)15(2)9-4-3-5-10-16/h6-8,16H,3-5,9-10H2,1-2H3,(H,13,14). The van der Waals surface area contributed by atoms with Crippen LogP contribution in [0.1, 0.15) is 19.3 Å². The minimum Gasteiger partial charge on any atom is -0.396 e. The summed E-state index contributed by atoms with van der Waals surface area (Å²) in [6, 6.07) is 5.95. The lowest BCUT2D eigenvalue weighted by Crippen LogP contribution is -2.19. The highest BCUT2D eigenvalue weighted by atomic mass is 16.2. The average Bonchev–Trinajstić information content (AvgIpc) is 2.34. The number of pyridine rings is 1. The lowest BCUT2D eigenvalue weighted by atomic mass is 10.2. The van der Waals surface area contributed by atoms with Gasteiger partial charge in [-0.25, -0.2) is 4.98 Å². The van der Waals surface area contributed by atoms with Crippen molar-refractivity contribution in [2.45, 2.75) is 19.3 Å². The number of hydrogen-bond acceptors (Lipinski definition) is 4. The first-order valence-electron chi connectivity index (χ1n) is 5.74. The van der Waals surface area contributed by atoms with Crippen LogP contribution in [0.5, 0.6) is 0 Å². The molecule has 1 aromatic rings. The summed E-state index contributed by atoms with van der Waals surface area (Å²) >= 11 is 0. The average molecular weight is 223 g/mol. The summed E-state index contributed by atoms with van der Waals surface area (Å²) in [5.74, 6) is 1.87. The van der Waals surface area contributed by atoms with Crippen molar-refractivity contribution in [1.82, 2.24) is 4.98 Å². The van der Waals surface area contributed by atoms with Gasteiger partial charge in [0.15, 0.2) is 0 Å². The van der Waals surface area contributed by atoms with Gasteiger partial charge in [-0.2, -0.15) is 0 Å². The number of aliphatic hydroxyl groups is 1. The number of nitrogens with one attached hydrogen (secondary N) is 1. The molecule has 1 heterocycles. The Morgan fingerprint density at radius 1 is 1.31 bits per heavy atom. The molecule has 0 aromatic carbocycles. The van der Waals surface area contributed by atoms with Crippen molar-refractivity contribution in [3.05, 3.63) is 18.2 Å². The smallest absolute Gasteiger partial charge is 0.130 e. The van der Waals surface area contributed by atoms with Crippen LogP contribution < -0.4 is 10.2 Å². The van der Waals surface area contributed by atoms with E-state index < -0.39 is 0 Å². The van der Waals surface area contributed by atoms with Crippen molar-refractivity contribution < 1.29 is 5.11 Å². The predicted molar refractivity (Wildman–Crippen MR) is 68.0 cm³/mol. The maximum absolute atomic E-state index is 8.68. The van der Waals surface area contributed by atoms with E-state index in [4.69, 9.17) is 5.11 Å². The van der Waals surface area contributed by atoms with Crippen LogP contribution in [-0.2, 0) is 0 Å². The Kier molecular flexibility index (Phi) is 5.64. The molecular formula is C12H21N3O. The van der Waals surface area contributed by atoms with Crippen molar-refractivity contribution in [3.63, 3.8) is 0 Å². The van der Waals surface area contributed by atoms with Gasteiger partial charge < -0.3 is 15.3 Å². The SMILES string of the molecule is CNc1cccc(N(C)CCCCCO)n1. The topological polar surface area (TPSA) is 48.4 Å². The molecule has 0 saturated heterocycles. The Balaban J connectivity index is 2.42. The van der Waals surface area contributed by atoms with Crippen molar-refractivity contribution in [2.24, 2.45) is 0 Å². The molecule has 0 amide bonds. The third-order valence-corrected chi connectivity index (χ3v) is 2.53. The molecule has 0 aliphatic heterocycles. The summed E-state index contributed by atoms with van der Waals surface area (Å²) in [5, 5.41) is 11.7. The minimum absolute atomic E-state index is 0.289. The Morgan fingerprint density at radius 3 is 2.81 bits per heavy atom. The van der Waals surface area contributed by atoms with Crippen molar-refractivity contribution in [3.8, 4) is 0 Å². The van der Waals surface area contributed by atoms with E-state index in [1.54, 1.807) is 0 Å². The zero-order valence-electron chi connectivity index (χ0n) is 10.1. The van der Waals surface area contributed by atoms with E-state index in [-0.39, 0.29) is 6.61 Å². The van der Waals surface area contributed by atoms with E-state index in [1.165, 1.54) is 0 Å². The fourth-order valence-corrected chi connectivity index (χ4v) is 1.53. The summed E-state index contributed by atoms with van der Waals surface area (Å²) in [6.07, 6.45) is 3.03. The zero-order chi connectivity index (χ0) is 11.8. The first kappa shape index (κ1) is 12.8. The molecule has 0 fully saturated rings. The molecule has 0 bridgehead atoms. The lowest BCUT2D eigenvalue weighted by molar-refractivity contribution is 0.283. The third kappa shape index (κ3) is 4.06. The lowest BCUT2D eigenvalue weighted by Gasteiger charge is -2.18. The second-order valence-electron chi connectivity index (χ2n) is 3.84. The number of rotatable bonds is 7. The van der Waals surface area contributed by atoms with Crippen LogP contribution in [0.4, 0.5) is 11.6 Å². The molecule has 0 atom stereocenters. The van der Waals surface area contributed by atoms with Gasteiger partial charge in [-0.15, -0.1) is 0 Å². The molecule has 0 unspecified atom stereocenters. The molecule has 0 saturated carbocycles. The molecule has 2 N–H and O–H groups in total. The second kappa shape index (κ2) is 7.06. The largest absolute Gasteiger partial charge is 0.396 e. The number of hydrogen-bond donors (Lipinski definition) is 2. The van der Waals surface area contributed by atoms with Crippen LogP contribution in [0.25, 0.3) is 0 Å². The quantitative estimate of drug-likeness (QED) is 0.691. The molecule has 0 spiro atoms. The fraction of sp³-hybridized carbons (Fsp3) is 0.583. The summed E-state index contributed by atoms with van der Waals surface area (Å²) in [7, 11) is 3.91. The van der Waals surface area contributed by atoms with Crippen molar-refractivity contribution >= 4 is 11.6 Å². The third-order valence-electron chi connectivity index (χ3n) is 2.53. The van der Waals surface area contributed by atoms with Crippen molar-refractivity contribution in [2.75, 3.05) is 37.5 Å². The molecule has 16 heavy (non-hydrogen) atoms. The normalized spacial score (nSPS) is 10.2. The van der Waals surface area contributed by atoms with Gasteiger partial charge in [-0.05, 0) is 31.4 Å². The maximum Gasteiger partial charge on any atom is 0.130 e. The Hall–Kier alpha value is -1.29. The highest BCUT2D eigenvalue weighted by molar-refractivity contribution is 5.46. The van der Waals surface area contributed by atoms with Gasteiger partial charge in [0.05, 0.1) is 0 Å². The van der Waals surface area contributed by atoms with Crippen LogP contribution >= 0.6 is 0 Å². The first-order valence-corrected chi connectivity index (χ1v) is 5.74. The Morgan fingerprint density at radius 2 is 2.12 bits per heavy atom. The van der Waals surface area contributed by atoms with Gasteiger partial charge in [0.2, 0.25) is 0 Å². The molecule has 4 nitrogen and oxygen atoms in total. The summed E-state index contributed by atoms with van der Waals surface area (Å²) < 4.78 is 0. The number of anilines is 2. The number of nitrogens with zero attached hydrogens (tertiary/aromatic N) is 2. The number of aliphatic hydroxyl groups excluding tert-OH is 1. The van der Waals surface area contributed by atoms with Gasteiger partial charge >= 0.3 is 0 Å². The number of unbranched alkanes of at least 4 members (excludes halogenated alkanes) is 2. The highest BCUT2D eigenvalue weighted by Gasteiger charge is 2.02. The monoisotopic (exact) mass is 223 g/mol. The Bertz CT molecular complexity index is 304. The summed E-state index contributed by atoms with van der Waals surface area (Å²) in [6.45, 7) is 1.26. The van der Waals surface area contributed by atoms with Gasteiger partial charge in [0.25, 0.3) is 0 Å². The van der Waals surface area contributed by atoms with Crippen LogP contribution in [0, 0.1) is 0 Å². The van der Waals surface area contributed by atoms with E-state index in [9.17, 15) is 0 Å². The van der Waals surface area contributed by atoms with Crippen LogP contribution in [0.15, 0.2) is 18.2 Å². The molecule has 4 heteroatoms. The van der Waals surface area contributed by atoms with E-state index in [1.807, 2.05) is 32.3 Å². The maximum atomic E-state index is 8.68. The van der Waals surface area contributed by atoms with E-state index >= 15 is 0 Å². The molecule has 0 radical (unpaired) electrons. The van der Waals surface area contributed by atoms with Crippen LogP contribution in [0.3, 0.4) is 0 Å². The molecular weight excluding hydrogens is 202 g/mol. The van der Waals surface area contributed by atoms with Crippen molar-refractivity contribution in [1.29, 1.82) is 0 Å². The molecule has 1 aromatic heterocycles. The van der Waals surface area contributed by atoms with E-state index in [2.05, 4.69) is 15.2 Å². The van der Waals surface area contributed by atoms with Crippen LogP contribution in [0.2, 0.25) is 0 Å². The van der Waals surface area contributed by atoms with Gasteiger partial charge in [-0.1, -0.05) is 6.07 Å². The first-order chi connectivity index (χ1) is 7.77.